The van der Waals surface area contributed by atoms with E-state index in [1.54, 1.807) is 0 Å². The van der Waals surface area contributed by atoms with Gasteiger partial charge in [0.2, 0.25) is 0 Å². The first-order valence-corrected chi connectivity index (χ1v) is 23.4. The predicted molar refractivity (Wildman–Crippen MR) is 229 cm³/mol. The van der Waals surface area contributed by atoms with E-state index in [1.807, 2.05) is 48.6 Å². The van der Waals surface area contributed by atoms with Gasteiger partial charge in [0.05, 0.1) is 13.2 Å². The van der Waals surface area contributed by atoms with Crippen LogP contribution in [0.25, 0.3) is 0 Å². The van der Waals surface area contributed by atoms with E-state index in [1.165, 1.54) is 152 Å². The monoisotopic (exact) mass is 755 g/mol. The highest BCUT2D eigenvalue weighted by atomic mass is 19.1. The Hall–Kier alpha value is -2.26. The molecule has 304 valence electrons. The van der Waals surface area contributed by atoms with Crippen LogP contribution in [-0.2, 0) is 17.6 Å². The molecular formula is C52H76F2O. The summed E-state index contributed by atoms with van der Waals surface area (Å²) in [6.07, 6.45) is 39.2. The maximum absolute atomic E-state index is 15.1. The molecule has 0 amide bonds. The molecule has 0 atom stereocenters. The summed E-state index contributed by atoms with van der Waals surface area (Å²) in [6.45, 7) is 5.59. The number of halogens is 2. The maximum atomic E-state index is 15.1. The number of unbranched alkanes of at least 4 members (excludes halogenated alkanes) is 2. The number of ether oxygens (including phenoxy) is 1. The highest BCUT2D eigenvalue weighted by molar-refractivity contribution is 5.30. The van der Waals surface area contributed by atoms with Crippen molar-refractivity contribution in [2.45, 2.75) is 180 Å². The van der Waals surface area contributed by atoms with Gasteiger partial charge in [-0.1, -0.05) is 127 Å². The molecule has 2 aromatic carbocycles. The van der Waals surface area contributed by atoms with Crippen molar-refractivity contribution >= 4 is 0 Å². The first-order chi connectivity index (χ1) is 27.0. The van der Waals surface area contributed by atoms with Crippen molar-refractivity contribution in [3.05, 3.63) is 94.6 Å². The lowest BCUT2D eigenvalue weighted by molar-refractivity contribution is 0.156. The minimum atomic E-state index is -0.0726. The normalized spacial score (nSPS) is 29.3. The van der Waals surface area contributed by atoms with Gasteiger partial charge in [-0.25, -0.2) is 8.78 Å². The van der Waals surface area contributed by atoms with Crippen molar-refractivity contribution in [1.29, 1.82) is 0 Å². The molecule has 6 rings (SSSR count). The Bertz CT molecular complexity index is 1330. The molecular weight excluding hydrogens is 679 g/mol. The van der Waals surface area contributed by atoms with Crippen LogP contribution in [0.4, 0.5) is 8.78 Å². The molecule has 0 heterocycles. The SMILES string of the molecule is CCCCC1CCC(C2CCC(c3ccc(CC=CCOCC=CCc4ccc(C5CCC(C6CCC(CCCC)CC6)CC5)cc4F)c(F)c3)CC2)CC1. The Balaban J connectivity index is 0.827. The van der Waals surface area contributed by atoms with Gasteiger partial charge in [0.15, 0.2) is 0 Å². The van der Waals surface area contributed by atoms with Gasteiger partial charge in [0, 0.05) is 0 Å². The van der Waals surface area contributed by atoms with Gasteiger partial charge in [-0.2, -0.15) is 0 Å². The fraction of sp³-hybridized carbons (Fsp3) is 0.692. The Morgan fingerprint density at radius 1 is 0.491 bits per heavy atom. The summed E-state index contributed by atoms with van der Waals surface area (Å²) in [5, 5.41) is 0. The number of benzene rings is 2. The molecule has 1 nitrogen and oxygen atoms in total. The number of hydrogen-bond acceptors (Lipinski definition) is 1. The summed E-state index contributed by atoms with van der Waals surface area (Å²) in [6, 6.07) is 12.0. The second-order valence-corrected chi connectivity index (χ2v) is 18.7. The van der Waals surface area contributed by atoms with Crippen LogP contribution in [0, 0.1) is 47.1 Å². The predicted octanol–water partition coefficient (Wildman–Crippen LogP) is 15.4. The summed E-state index contributed by atoms with van der Waals surface area (Å²) in [5.74, 6) is 6.51. The van der Waals surface area contributed by atoms with E-state index in [-0.39, 0.29) is 11.6 Å². The molecule has 4 aliphatic rings. The Morgan fingerprint density at radius 2 is 0.855 bits per heavy atom. The van der Waals surface area contributed by atoms with Crippen LogP contribution >= 0.6 is 0 Å². The third-order valence-electron chi connectivity index (χ3n) is 15.1. The minimum Gasteiger partial charge on any atom is -0.373 e. The Morgan fingerprint density at radius 3 is 1.20 bits per heavy atom. The van der Waals surface area contributed by atoms with Crippen LogP contribution in [0.5, 0.6) is 0 Å². The summed E-state index contributed by atoms with van der Waals surface area (Å²) < 4.78 is 36.0. The molecule has 4 saturated carbocycles. The van der Waals surface area contributed by atoms with Crippen LogP contribution in [-0.4, -0.2) is 13.2 Å². The average Bonchev–Trinajstić information content (AvgIpc) is 3.23. The summed E-state index contributed by atoms with van der Waals surface area (Å²) in [4.78, 5) is 0. The minimum absolute atomic E-state index is 0.0726. The molecule has 0 unspecified atom stereocenters. The maximum Gasteiger partial charge on any atom is 0.126 e. The van der Waals surface area contributed by atoms with Crippen LogP contribution in [0.2, 0.25) is 0 Å². The van der Waals surface area contributed by atoms with E-state index in [4.69, 9.17) is 4.74 Å². The molecule has 55 heavy (non-hydrogen) atoms. The first kappa shape index (κ1) is 42.3. The molecule has 3 heteroatoms. The van der Waals surface area contributed by atoms with Crippen molar-refractivity contribution in [3.8, 4) is 0 Å². The third kappa shape index (κ3) is 12.9. The lowest BCUT2D eigenvalue weighted by atomic mass is 9.68. The average molecular weight is 755 g/mol. The molecule has 0 aliphatic heterocycles. The molecule has 0 aromatic heterocycles. The Labute approximate surface area is 335 Å². The van der Waals surface area contributed by atoms with Gasteiger partial charge in [-0.3, -0.25) is 0 Å². The second-order valence-electron chi connectivity index (χ2n) is 18.7. The van der Waals surface area contributed by atoms with Gasteiger partial charge >= 0.3 is 0 Å². The smallest absolute Gasteiger partial charge is 0.126 e. The first-order valence-electron chi connectivity index (χ1n) is 23.4. The van der Waals surface area contributed by atoms with Crippen LogP contribution in [0.1, 0.15) is 189 Å². The number of rotatable bonds is 18. The largest absolute Gasteiger partial charge is 0.373 e. The van der Waals surface area contributed by atoms with Crippen molar-refractivity contribution < 1.29 is 13.5 Å². The molecule has 0 saturated heterocycles. The zero-order chi connectivity index (χ0) is 38.2. The number of allylic oxidation sites excluding steroid dienone is 2. The van der Waals surface area contributed by atoms with E-state index in [9.17, 15) is 0 Å². The van der Waals surface area contributed by atoms with Crippen molar-refractivity contribution in [3.63, 3.8) is 0 Å². The fourth-order valence-corrected chi connectivity index (χ4v) is 11.5. The molecule has 0 radical (unpaired) electrons. The standard InChI is InChI=1S/C52H76F2O/c1-3-5-11-39-15-19-41(20-16-39)43-23-27-45(28-24-43)49-33-31-47(51(53)37-49)13-7-9-35-55-36-10-8-14-48-32-34-50(38-52(48)54)46-29-25-44(26-30-46)42-21-17-40(18-22-42)12-6-4-2/h7-10,31-34,37-46H,3-6,11-30,35-36H2,1-2H3. The van der Waals surface area contributed by atoms with Gasteiger partial charge in [-0.15, -0.1) is 0 Å². The van der Waals surface area contributed by atoms with E-state index < -0.39 is 0 Å². The van der Waals surface area contributed by atoms with E-state index in [0.29, 0.717) is 37.9 Å². The lowest BCUT2D eigenvalue weighted by Gasteiger charge is -2.38. The van der Waals surface area contributed by atoms with Crippen LogP contribution in [0.3, 0.4) is 0 Å². The van der Waals surface area contributed by atoms with Gasteiger partial charge in [0.1, 0.15) is 11.6 Å². The molecule has 4 fully saturated rings. The van der Waals surface area contributed by atoms with Crippen LogP contribution in [0.15, 0.2) is 60.7 Å². The van der Waals surface area contributed by atoms with Crippen molar-refractivity contribution in [2.75, 3.05) is 13.2 Å². The molecule has 0 N–H and O–H groups in total. The van der Waals surface area contributed by atoms with E-state index in [2.05, 4.69) is 26.0 Å². The quantitative estimate of drug-likeness (QED) is 0.109. The Kier molecular flexibility index (Phi) is 17.4. The zero-order valence-corrected chi connectivity index (χ0v) is 34.9. The summed E-state index contributed by atoms with van der Waals surface area (Å²) in [5.41, 5.74) is 3.90. The van der Waals surface area contributed by atoms with Crippen molar-refractivity contribution in [1.82, 2.24) is 0 Å². The molecule has 0 spiro atoms. The molecule has 4 aliphatic carbocycles. The summed E-state index contributed by atoms with van der Waals surface area (Å²) in [7, 11) is 0. The van der Waals surface area contributed by atoms with Gasteiger partial charge < -0.3 is 4.74 Å². The zero-order valence-electron chi connectivity index (χ0n) is 34.9. The number of hydrogen-bond donors (Lipinski definition) is 0. The van der Waals surface area contributed by atoms with Gasteiger partial charge in [0.25, 0.3) is 0 Å². The van der Waals surface area contributed by atoms with Gasteiger partial charge in [-0.05, 0) is 172 Å². The van der Waals surface area contributed by atoms with E-state index >= 15 is 8.78 Å². The summed E-state index contributed by atoms with van der Waals surface area (Å²) >= 11 is 0. The highest BCUT2D eigenvalue weighted by Gasteiger charge is 2.33. The molecule has 2 aromatic rings. The lowest BCUT2D eigenvalue weighted by Crippen LogP contribution is -2.25. The topological polar surface area (TPSA) is 9.23 Å². The fourth-order valence-electron chi connectivity index (χ4n) is 11.5. The van der Waals surface area contributed by atoms with Crippen molar-refractivity contribution in [2.24, 2.45) is 35.5 Å². The highest BCUT2D eigenvalue weighted by Crippen LogP contribution is 2.46. The second kappa shape index (κ2) is 22.6. The third-order valence-corrected chi connectivity index (χ3v) is 15.1. The van der Waals surface area contributed by atoms with Crippen LogP contribution < -0.4 is 0 Å². The van der Waals surface area contributed by atoms with E-state index in [0.717, 1.165) is 46.6 Å². The molecule has 0 bridgehead atoms.